The molecule has 0 radical (unpaired) electrons. The third kappa shape index (κ3) is 5.40. The van der Waals surface area contributed by atoms with E-state index in [1.165, 1.54) is 66.4 Å². The molecule has 1 heterocycles. The Morgan fingerprint density at radius 3 is 1.74 bits per heavy atom. The van der Waals surface area contributed by atoms with E-state index >= 15 is 0 Å². The SMILES string of the molecule is CC1(C)c2ccccc2-c2ccc(N(c3ccc(-c4ccccc4)cc3)c3ccc(-c4ccc(-c5ccc6oc7ccccc7c6c5)cc4)c4ccccc34)cc21. The van der Waals surface area contributed by atoms with Crippen LogP contribution in [0.3, 0.4) is 0 Å². The van der Waals surface area contributed by atoms with Gasteiger partial charge in [0.05, 0.1) is 5.69 Å². The lowest BCUT2D eigenvalue weighted by Gasteiger charge is -2.29. The van der Waals surface area contributed by atoms with Crippen LogP contribution in [0, 0.1) is 0 Å². The van der Waals surface area contributed by atoms with Gasteiger partial charge in [-0.25, -0.2) is 0 Å². The molecule has 0 bridgehead atoms. The summed E-state index contributed by atoms with van der Waals surface area (Å²) in [6, 6.07) is 72.8. The number of fused-ring (bicyclic) bond motifs is 7. The van der Waals surface area contributed by atoms with Crippen LogP contribution in [0.15, 0.2) is 205 Å². The molecule has 1 aliphatic carbocycles. The van der Waals surface area contributed by atoms with E-state index in [9.17, 15) is 0 Å². The van der Waals surface area contributed by atoms with Crippen molar-refractivity contribution in [1.29, 1.82) is 0 Å². The summed E-state index contributed by atoms with van der Waals surface area (Å²) >= 11 is 0. The molecular formula is C55H39NO. The molecule has 1 aromatic heterocycles. The minimum absolute atomic E-state index is 0.110. The Balaban J connectivity index is 1.02. The standard InChI is InChI=1S/C55H39NO/c1-55(2)50-18-10-8-15-45(50)46-30-29-42(35-51(46)55)56(41-27-24-37(25-28-41)36-12-4-3-5-13-36)52-32-31-43(44-14-6-7-16-47(44)52)39-22-20-38(21-23-39)40-26-33-54-49(34-40)48-17-9-11-19-53(48)57-54/h3-35H,1-2H3. The van der Waals surface area contributed by atoms with Crippen LogP contribution in [0.4, 0.5) is 17.1 Å². The molecule has 270 valence electrons. The van der Waals surface area contributed by atoms with E-state index in [1.54, 1.807) is 0 Å². The molecule has 0 atom stereocenters. The molecule has 0 spiro atoms. The van der Waals surface area contributed by atoms with Crippen LogP contribution in [0.1, 0.15) is 25.0 Å². The van der Waals surface area contributed by atoms with Crippen LogP contribution in [0.2, 0.25) is 0 Å². The molecule has 0 amide bonds. The second kappa shape index (κ2) is 13.0. The minimum atomic E-state index is -0.110. The average molecular weight is 730 g/mol. The van der Waals surface area contributed by atoms with Gasteiger partial charge in [0.15, 0.2) is 0 Å². The molecule has 0 saturated carbocycles. The maximum absolute atomic E-state index is 6.11. The van der Waals surface area contributed by atoms with Gasteiger partial charge in [-0.15, -0.1) is 0 Å². The van der Waals surface area contributed by atoms with Crippen molar-refractivity contribution in [2.45, 2.75) is 19.3 Å². The number of hydrogen-bond acceptors (Lipinski definition) is 2. The number of nitrogens with zero attached hydrogens (tertiary/aromatic N) is 1. The van der Waals surface area contributed by atoms with Gasteiger partial charge in [0.25, 0.3) is 0 Å². The fraction of sp³-hybridized carbons (Fsp3) is 0.0545. The van der Waals surface area contributed by atoms with Gasteiger partial charge < -0.3 is 9.32 Å². The largest absolute Gasteiger partial charge is 0.456 e. The fourth-order valence-corrected chi connectivity index (χ4v) is 9.17. The topological polar surface area (TPSA) is 16.4 Å². The summed E-state index contributed by atoms with van der Waals surface area (Å²) in [5, 5.41) is 4.71. The number of furan rings is 1. The Labute approximate surface area is 332 Å². The number of anilines is 3. The lowest BCUT2D eigenvalue weighted by atomic mass is 9.82. The van der Waals surface area contributed by atoms with Crippen LogP contribution in [-0.4, -0.2) is 0 Å². The predicted molar refractivity (Wildman–Crippen MR) is 240 cm³/mol. The summed E-state index contributed by atoms with van der Waals surface area (Å²) in [6.07, 6.45) is 0. The van der Waals surface area contributed by atoms with Gasteiger partial charge in [-0.3, -0.25) is 0 Å². The second-order valence-electron chi connectivity index (χ2n) is 15.7. The maximum atomic E-state index is 6.11. The third-order valence-electron chi connectivity index (χ3n) is 12.1. The molecule has 2 heteroatoms. The van der Waals surface area contributed by atoms with E-state index in [0.29, 0.717) is 0 Å². The summed E-state index contributed by atoms with van der Waals surface area (Å²) in [6.45, 7) is 4.71. The van der Waals surface area contributed by atoms with E-state index < -0.39 is 0 Å². The molecule has 9 aromatic carbocycles. The quantitative estimate of drug-likeness (QED) is 0.169. The summed E-state index contributed by atoms with van der Waals surface area (Å²) in [7, 11) is 0. The van der Waals surface area contributed by atoms with Crippen molar-refractivity contribution in [3.05, 3.63) is 211 Å². The minimum Gasteiger partial charge on any atom is -0.456 e. The van der Waals surface area contributed by atoms with Crippen molar-refractivity contribution < 1.29 is 4.42 Å². The van der Waals surface area contributed by atoms with E-state index in [0.717, 1.165) is 39.0 Å². The molecule has 10 aromatic rings. The van der Waals surface area contributed by atoms with Gasteiger partial charge in [0, 0.05) is 32.9 Å². The molecular weight excluding hydrogens is 691 g/mol. The molecule has 0 aliphatic heterocycles. The van der Waals surface area contributed by atoms with Crippen LogP contribution in [0.5, 0.6) is 0 Å². The zero-order chi connectivity index (χ0) is 38.1. The zero-order valence-electron chi connectivity index (χ0n) is 31.9. The van der Waals surface area contributed by atoms with Crippen LogP contribution in [-0.2, 0) is 5.41 Å². The van der Waals surface area contributed by atoms with Crippen molar-refractivity contribution >= 4 is 49.8 Å². The first kappa shape index (κ1) is 33.2. The first-order valence-electron chi connectivity index (χ1n) is 19.8. The summed E-state index contributed by atoms with van der Waals surface area (Å²) in [5.74, 6) is 0. The number of benzene rings is 9. The lowest BCUT2D eigenvalue weighted by Crippen LogP contribution is -2.16. The van der Waals surface area contributed by atoms with E-state index in [-0.39, 0.29) is 5.41 Å². The van der Waals surface area contributed by atoms with Crippen molar-refractivity contribution in [2.75, 3.05) is 4.90 Å². The molecule has 0 unspecified atom stereocenters. The van der Waals surface area contributed by atoms with Gasteiger partial charge in [-0.1, -0.05) is 166 Å². The molecule has 57 heavy (non-hydrogen) atoms. The number of para-hydroxylation sites is 1. The van der Waals surface area contributed by atoms with Gasteiger partial charge in [0.2, 0.25) is 0 Å². The van der Waals surface area contributed by atoms with E-state index in [2.05, 4.69) is 207 Å². The average Bonchev–Trinajstić information content (AvgIpc) is 3.75. The molecule has 0 saturated heterocycles. The highest BCUT2D eigenvalue weighted by atomic mass is 16.3. The van der Waals surface area contributed by atoms with Gasteiger partial charge in [0.1, 0.15) is 11.2 Å². The number of rotatable bonds is 6. The Kier molecular flexibility index (Phi) is 7.55. The van der Waals surface area contributed by atoms with E-state index in [1.807, 2.05) is 12.1 Å². The smallest absolute Gasteiger partial charge is 0.135 e. The summed E-state index contributed by atoms with van der Waals surface area (Å²) in [5.41, 5.74) is 17.7. The first-order chi connectivity index (χ1) is 28.0. The van der Waals surface area contributed by atoms with Gasteiger partial charge in [-0.2, -0.15) is 0 Å². The van der Waals surface area contributed by atoms with Crippen molar-refractivity contribution in [3.8, 4) is 44.5 Å². The summed E-state index contributed by atoms with van der Waals surface area (Å²) in [4.78, 5) is 2.44. The van der Waals surface area contributed by atoms with Gasteiger partial charge in [-0.05, 0) is 110 Å². The third-order valence-corrected chi connectivity index (χ3v) is 12.1. The fourth-order valence-electron chi connectivity index (χ4n) is 9.17. The number of hydrogen-bond donors (Lipinski definition) is 0. The van der Waals surface area contributed by atoms with Crippen molar-refractivity contribution in [1.82, 2.24) is 0 Å². The normalized spacial score (nSPS) is 12.9. The van der Waals surface area contributed by atoms with Crippen LogP contribution in [0.25, 0.3) is 77.2 Å². The summed E-state index contributed by atoms with van der Waals surface area (Å²) < 4.78 is 6.11. The molecule has 1 aliphatic rings. The predicted octanol–water partition coefficient (Wildman–Crippen LogP) is 15.5. The first-order valence-corrected chi connectivity index (χ1v) is 19.8. The Morgan fingerprint density at radius 2 is 0.912 bits per heavy atom. The molecule has 0 fully saturated rings. The Hall–Kier alpha value is -7.16. The van der Waals surface area contributed by atoms with Crippen molar-refractivity contribution in [3.63, 3.8) is 0 Å². The monoisotopic (exact) mass is 729 g/mol. The lowest BCUT2D eigenvalue weighted by molar-refractivity contribution is 0.660. The highest BCUT2D eigenvalue weighted by molar-refractivity contribution is 6.08. The Morgan fingerprint density at radius 1 is 0.351 bits per heavy atom. The van der Waals surface area contributed by atoms with Crippen molar-refractivity contribution in [2.24, 2.45) is 0 Å². The highest BCUT2D eigenvalue weighted by Crippen LogP contribution is 2.51. The molecule has 11 rings (SSSR count). The Bertz CT molecular complexity index is 3130. The molecule has 0 N–H and O–H groups in total. The van der Waals surface area contributed by atoms with Crippen LogP contribution < -0.4 is 4.90 Å². The van der Waals surface area contributed by atoms with E-state index in [4.69, 9.17) is 4.42 Å². The van der Waals surface area contributed by atoms with Gasteiger partial charge >= 0.3 is 0 Å². The highest BCUT2D eigenvalue weighted by Gasteiger charge is 2.35. The van der Waals surface area contributed by atoms with Crippen LogP contribution >= 0.6 is 0 Å². The maximum Gasteiger partial charge on any atom is 0.135 e. The zero-order valence-corrected chi connectivity index (χ0v) is 31.9. The second-order valence-corrected chi connectivity index (χ2v) is 15.7. The molecule has 2 nitrogen and oxygen atoms in total.